The molecule has 0 aromatic carbocycles. The molecule has 0 fully saturated rings. The van der Waals surface area contributed by atoms with Gasteiger partial charge in [0.05, 0.1) is 8.81 Å². The molecule has 4 heteroatoms. The van der Waals surface area contributed by atoms with Crippen molar-refractivity contribution in [2.45, 2.75) is 13.0 Å². The van der Waals surface area contributed by atoms with Crippen molar-refractivity contribution in [1.82, 2.24) is 0 Å². The van der Waals surface area contributed by atoms with Crippen LogP contribution in [0, 0.1) is 0 Å². The lowest BCUT2D eigenvalue weighted by Crippen LogP contribution is -2.01. The van der Waals surface area contributed by atoms with Crippen LogP contribution in [0.15, 0.2) is 9.85 Å². The third-order valence-corrected chi connectivity index (χ3v) is 3.79. The predicted octanol–water partition coefficient (Wildman–Crippen LogP) is 3.18. The summed E-state index contributed by atoms with van der Waals surface area (Å²) in [6.45, 7) is 1.94. The molecule has 56 valence electrons. The minimum atomic E-state index is 0.0776. The molecule has 0 saturated heterocycles. The molecule has 0 bridgehead atoms. The number of hydrogen-bond donors (Lipinski definition) is 1. The van der Waals surface area contributed by atoms with Crippen LogP contribution in [0.25, 0.3) is 0 Å². The first-order chi connectivity index (χ1) is 4.61. The summed E-state index contributed by atoms with van der Waals surface area (Å²) in [5.74, 6) is 0. The molecule has 0 aliphatic rings. The van der Waals surface area contributed by atoms with Gasteiger partial charge in [-0.1, -0.05) is 11.6 Å². The van der Waals surface area contributed by atoms with Crippen LogP contribution in [-0.4, -0.2) is 0 Å². The highest BCUT2D eigenvalue weighted by atomic mass is 79.9. The van der Waals surface area contributed by atoms with Crippen LogP contribution in [0.5, 0.6) is 0 Å². The van der Waals surface area contributed by atoms with Gasteiger partial charge in [0.25, 0.3) is 0 Å². The Bertz CT molecular complexity index is 214. The smallest absolute Gasteiger partial charge is 0.0887 e. The maximum Gasteiger partial charge on any atom is 0.0887 e. The van der Waals surface area contributed by atoms with Gasteiger partial charge in [-0.2, -0.15) is 0 Å². The van der Waals surface area contributed by atoms with Gasteiger partial charge >= 0.3 is 0 Å². The lowest BCUT2D eigenvalue weighted by atomic mass is 10.3. The van der Waals surface area contributed by atoms with E-state index in [-0.39, 0.29) is 6.04 Å². The standard InChI is InChI=1S/C6H7BrClNS/c1-3(9)5-2-4(8)6(7)10-5/h2-3H,9H2,1H3/t3-/m0/s1. The molecule has 1 rings (SSSR count). The zero-order valence-electron chi connectivity index (χ0n) is 5.40. The van der Waals surface area contributed by atoms with E-state index >= 15 is 0 Å². The van der Waals surface area contributed by atoms with Gasteiger partial charge in [0.2, 0.25) is 0 Å². The molecule has 0 unspecified atom stereocenters. The molecule has 0 spiro atoms. The Morgan fingerprint density at radius 3 is 2.60 bits per heavy atom. The Kier molecular flexibility index (Phi) is 2.74. The Balaban J connectivity index is 2.98. The highest BCUT2D eigenvalue weighted by Gasteiger charge is 2.06. The van der Waals surface area contributed by atoms with E-state index in [0.29, 0.717) is 0 Å². The van der Waals surface area contributed by atoms with Crippen molar-refractivity contribution < 1.29 is 0 Å². The Hall–Kier alpha value is 0.430. The van der Waals surface area contributed by atoms with Crippen molar-refractivity contribution in [3.8, 4) is 0 Å². The monoisotopic (exact) mass is 239 g/mol. The van der Waals surface area contributed by atoms with Crippen LogP contribution in [0.2, 0.25) is 5.02 Å². The first-order valence-electron chi connectivity index (χ1n) is 2.81. The summed E-state index contributed by atoms with van der Waals surface area (Å²) in [5.41, 5.74) is 5.63. The van der Waals surface area contributed by atoms with Gasteiger partial charge in [-0.15, -0.1) is 11.3 Å². The molecule has 0 amide bonds. The van der Waals surface area contributed by atoms with Crippen LogP contribution in [-0.2, 0) is 0 Å². The molecule has 1 atom stereocenters. The molecule has 1 aromatic heterocycles. The van der Waals surface area contributed by atoms with Crippen LogP contribution >= 0.6 is 38.9 Å². The molecular formula is C6H7BrClNS. The number of halogens is 2. The highest BCUT2D eigenvalue weighted by molar-refractivity contribution is 9.11. The van der Waals surface area contributed by atoms with Crippen molar-refractivity contribution in [2.24, 2.45) is 5.73 Å². The molecule has 1 heterocycles. The van der Waals surface area contributed by atoms with E-state index in [9.17, 15) is 0 Å². The lowest BCUT2D eigenvalue weighted by Gasteiger charge is -1.96. The molecule has 10 heavy (non-hydrogen) atoms. The Labute approximate surface area is 77.3 Å². The minimum absolute atomic E-state index is 0.0776. The second-order valence-corrected chi connectivity index (χ2v) is 4.87. The molecule has 0 saturated carbocycles. The normalized spacial score (nSPS) is 13.6. The lowest BCUT2D eigenvalue weighted by molar-refractivity contribution is 0.838. The van der Waals surface area contributed by atoms with Gasteiger partial charge in [-0.05, 0) is 28.9 Å². The number of hydrogen-bond acceptors (Lipinski definition) is 2. The highest BCUT2D eigenvalue weighted by Crippen LogP contribution is 2.34. The average molecular weight is 241 g/mol. The second kappa shape index (κ2) is 3.22. The average Bonchev–Trinajstić information content (AvgIpc) is 2.13. The summed E-state index contributed by atoms with van der Waals surface area (Å²) in [6, 6.07) is 1.97. The van der Waals surface area contributed by atoms with Gasteiger partial charge in [0.15, 0.2) is 0 Å². The summed E-state index contributed by atoms with van der Waals surface area (Å²) >= 11 is 10.7. The molecular weight excluding hydrogens is 233 g/mol. The van der Waals surface area contributed by atoms with Gasteiger partial charge in [-0.3, -0.25) is 0 Å². The largest absolute Gasteiger partial charge is 0.324 e. The molecule has 1 nitrogen and oxygen atoms in total. The summed E-state index contributed by atoms with van der Waals surface area (Å²) in [4.78, 5) is 1.11. The molecule has 0 aliphatic carbocycles. The summed E-state index contributed by atoms with van der Waals surface area (Å²) in [7, 11) is 0. The minimum Gasteiger partial charge on any atom is -0.324 e. The Morgan fingerprint density at radius 1 is 1.80 bits per heavy atom. The second-order valence-electron chi connectivity index (χ2n) is 2.06. The van der Waals surface area contributed by atoms with Crippen LogP contribution in [0.4, 0.5) is 0 Å². The van der Waals surface area contributed by atoms with E-state index in [1.54, 1.807) is 11.3 Å². The van der Waals surface area contributed by atoms with Crippen molar-refractivity contribution >= 4 is 38.9 Å². The Morgan fingerprint density at radius 2 is 2.40 bits per heavy atom. The van der Waals surface area contributed by atoms with Crippen molar-refractivity contribution in [1.29, 1.82) is 0 Å². The van der Waals surface area contributed by atoms with Crippen molar-refractivity contribution in [3.63, 3.8) is 0 Å². The zero-order valence-corrected chi connectivity index (χ0v) is 8.55. The summed E-state index contributed by atoms with van der Waals surface area (Å²) < 4.78 is 0.960. The number of nitrogens with two attached hydrogens (primary N) is 1. The van der Waals surface area contributed by atoms with E-state index in [1.165, 1.54) is 0 Å². The van der Waals surface area contributed by atoms with Crippen molar-refractivity contribution in [2.75, 3.05) is 0 Å². The van der Waals surface area contributed by atoms with Crippen LogP contribution < -0.4 is 5.73 Å². The topological polar surface area (TPSA) is 26.0 Å². The van der Waals surface area contributed by atoms with E-state index in [2.05, 4.69) is 15.9 Å². The maximum atomic E-state index is 5.78. The molecule has 0 radical (unpaired) electrons. The van der Waals surface area contributed by atoms with E-state index in [4.69, 9.17) is 17.3 Å². The fraction of sp³-hybridized carbons (Fsp3) is 0.333. The first-order valence-corrected chi connectivity index (χ1v) is 4.80. The molecule has 0 aliphatic heterocycles. The van der Waals surface area contributed by atoms with Gasteiger partial charge in [0, 0.05) is 10.9 Å². The van der Waals surface area contributed by atoms with Gasteiger partial charge in [0.1, 0.15) is 0 Å². The summed E-state index contributed by atoms with van der Waals surface area (Å²) in [5, 5.41) is 0.748. The van der Waals surface area contributed by atoms with E-state index in [0.717, 1.165) is 13.7 Å². The first kappa shape index (κ1) is 8.53. The maximum absolute atomic E-state index is 5.78. The van der Waals surface area contributed by atoms with E-state index < -0.39 is 0 Å². The predicted molar refractivity (Wildman–Crippen MR) is 49.6 cm³/mol. The number of thiophene rings is 1. The molecule has 2 N–H and O–H groups in total. The third kappa shape index (κ3) is 1.72. The molecule has 1 aromatic rings. The van der Waals surface area contributed by atoms with Gasteiger partial charge < -0.3 is 5.73 Å². The third-order valence-electron chi connectivity index (χ3n) is 1.11. The SMILES string of the molecule is C[C@H](N)c1cc(Cl)c(Br)s1. The van der Waals surface area contributed by atoms with Crippen molar-refractivity contribution in [3.05, 3.63) is 19.8 Å². The van der Waals surface area contributed by atoms with Crippen LogP contribution in [0.1, 0.15) is 17.8 Å². The zero-order chi connectivity index (χ0) is 7.72. The van der Waals surface area contributed by atoms with E-state index in [1.807, 2.05) is 13.0 Å². The fourth-order valence-corrected chi connectivity index (χ4v) is 2.29. The van der Waals surface area contributed by atoms with Crippen LogP contribution in [0.3, 0.4) is 0 Å². The fourth-order valence-electron chi connectivity index (χ4n) is 0.588. The number of rotatable bonds is 1. The van der Waals surface area contributed by atoms with Gasteiger partial charge in [-0.25, -0.2) is 0 Å². The quantitative estimate of drug-likeness (QED) is 0.802. The summed E-state index contributed by atoms with van der Waals surface area (Å²) in [6.07, 6.45) is 0.